The molecule has 26 heavy (non-hydrogen) atoms. The highest BCUT2D eigenvalue weighted by molar-refractivity contribution is 5.58. The van der Waals surface area contributed by atoms with E-state index in [1.807, 2.05) is 45.0 Å². The lowest BCUT2D eigenvalue weighted by molar-refractivity contribution is 0.438. The molecule has 0 amide bonds. The Bertz CT molecular complexity index is 924. The molecule has 4 heteroatoms. The molecule has 0 aliphatic carbocycles. The normalized spacial score (nSPS) is 11.5. The van der Waals surface area contributed by atoms with Gasteiger partial charge in [0.15, 0.2) is 0 Å². The summed E-state index contributed by atoms with van der Waals surface area (Å²) in [5, 5.41) is 40.0. The lowest BCUT2D eigenvalue weighted by atomic mass is 9.70. The molecule has 0 saturated heterocycles. The van der Waals surface area contributed by atoms with Gasteiger partial charge in [0.2, 0.25) is 0 Å². The molecule has 0 bridgehead atoms. The van der Waals surface area contributed by atoms with Crippen LogP contribution in [-0.2, 0) is 5.41 Å². The molecule has 0 heterocycles. The van der Waals surface area contributed by atoms with Crippen LogP contribution in [0, 0.1) is 13.8 Å². The van der Waals surface area contributed by atoms with E-state index >= 15 is 0 Å². The van der Waals surface area contributed by atoms with Crippen LogP contribution in [0.15, 0.2) is 54.6 Å². The number of rotatable bonds is 3. The monoisotopic (exact) mass is 350 g/mol. The smallest absolute Gasteiger partial charge is 0.123 e. The third-order valence-corrected chi connectivity index (χ3v) is 5.07. The number of hydrogen-bond acceptors (Lipinski definition) is 4. The quantitative estimate of drug-likeness (QED) is 0.525. The van der Waals surface area contributed by atoms with Crippen molar-refractivity contribution < 1.29 is 20.4 Å². The fourth-order valence-electron chi connectivity index (χ4n) is 3.35. The van der Waals surface area contributed by atoms with E-state index in [0.717, 1.165) is 22.3 Å². The molecule has 0 saturated carbocycles. The molecular weight excluding hydrogens is 328 g/mol. The van der Waals surface area contributed by atoms with Crippen molar-refractivity contribution in [3.63, 3.8) is 0 Å². The van der Waals surface area contributed by atoms with Gasteiger partial charge in [-0.1, -0.05) is 30.3 Å². The lowest BCUT2D eigenvalue weighted by Gasteiger charge is -2.33. The van der Waals surface area contributed by atoms with Gasteiger partial charge in [-0.15, -0.1) is 0 Å². The summed E-state index contributed by atoms with van der Waals surface area (Å²) in [7, 11) is 0. The molecule has 0 aromatic heterocycles. The molecule has 0 aliphatic heterocycles. The van der Waals surface area contributed by atoms with Crippen LogP contribution >= 0.6 is 0 Å². The first-order chi connectivity index (χ1) is 12.2. The summed E-state index contributed by atoms with van der Waals surface area (Å²) < 4.78 is 0. The van der Waals surface area contributed by atoms with Crippen LogP contribution in [0.4, 0.5) is 0 Å². The van der Waals surface area contributed by atoms with Gasteiger partial charge in [0.1, 0.15) is 23.0 Å². The molecule has 0 unspecified atom stereocenters. The van der Waals surface area contributed by atoms with Crippen LogP contribution < -0.4 is 0 Å². The summed E-state index contributed by atoms with van der Waals surface area (Å²) in [5.74, 6) is 0.363. The first-order valence-electron chi connectivity index (χ1n) is 8.36. The van der Waals surface area contributed by atoms with Crippen molar-refractivity contribution >= 4 is 0 Å². The molecule has 4 N–H and O–H groups in total. The lowest BCUT2D eigenvalue weighted by Crippen LogP contribution is -2.25. The second kappa shape index (κ2) is 6.30. The van der Waals surface area contributed by atoms with Crippen molar-refractivity contribution in [2.24, 2.45) is 0 Å². The van der Waals surface area contributed by atoms with Crippen LogP contribution in [0.2, 0.25) is 0 Å². The minimum atomic E-state index is -0.755. The Balaban J connectivity index is 2.33. The summed E-state index contributed by atoms with van der Waals surface area (Å²) in [6.45, 7) is 5.60. The van der Waals surface area contributed by atoms with Gasteiger partial charge in [0.05, 0.1) is 0 Å². The van der Waals surface area contributed by atoms with Crippen molar-refractivity contribution in [1.82, 2.24) is 0 Å². The van der Waals surface area contributed by atoms with E-state index in [4.69, 9.17) is 0 Å². The number of phenols is 4. The van der Waals surface area contributed by atoms with Crippen LogP contribution in [0.1, 0.15) is 34.7 Å². The first-order valence-corrected chi connectivity index (χ1v) is 8.36. The van der Waals surface area contributed by atoms with Crippen molar-refractivity contribution in [2.45, 2.75) is 26.2 Å². The van der Waals surface area contributed by atoms with E-state index < -0.39 is 5.41 Å². The van der Waals surface area contributed by atoms with Gasteiger partial charge in [-0.3, -0.25) is 0 Å². The van der Waals surface area contributed by atoms with Crippen LogP contribution in [-0.4, -0.2) is 20.4 Å². The summed E-state index contributed by atoms with van der Waals surface area (Å²) in [6, 6.07) is 15.2. The van der Waals surface area contributed by atoms with E-state index in [1.165, 1.54) is 12.1 Å². The highest BCUT2D eigenvalue weighted by Gasteiger charge is 2.34. The SMILES string of the molecule is Cc1cc(C(C)(c2ccc(O)c(C)c2)c2ccc(O)cc2O)ccc1O. The maximum Gasteiger partial charge on any atom is 0.123 e. The van der Waals surface area contributed by atoms with Crippen molar-refractivity contribution in [3.8, 4) is 23.0 Å². The maximum absolute atomic E-state index is 10.5. The van der Waals surface area contributed by atoms with Gasteiger partial charge < -0.3 is 20.4 Å². The Morgan fingerprint density at radius 1 is 0.615 bits per heavy atom. The molecule has 3 aromatic rings. The number of phenolic OH excluding ortho intramolecular Hbond substituents is 4. The Hall–Kier alpha value is -3.14. The molecule has 4 nitrogen and oxygen atoms in total. The summed E-state index contributed by atoms with van der Waals surface area (Å²) in [6.07, 6.45) is 0. The second-order valence-electron chi connectivity index (χ2n) is 6.83. The Morgan fingerprint density at radius 2 is 1.12 bits per heavy atom. The van der Waals surface area contributed by atoms with Gasteiger partial charge in [-0.2, -0.15) is 0 Å². The zero-order valence-electron chi connectivity index (χ0n) is 15.0. The van der Waals surface area contributed by atoms with Gasteiger partial charge in [0, 0.05) is 17.0 Å². The van der Waals surface area contributed by atoms with E-state index in [0.29, 0.717) is 5.56 Å². The van der Waals surface area contributed by atoms with Crippen molar-refractivity contribution in [2.75, 3.05) is 0 Å². The highest BCUT2D eigenvalue weighted by atomic mass is 16.3. The van der Waals surface area contributed by atoms with Crippen LogP contribution in [0.25, 0.3) is 0 Å². The molecule has 134 valence electrons. The molecule has 0 spiro atoms. The number of benzene rings is 3. The average Bonchev–Trinajstić information content (AvgIpc) is 2.59. The summed E-state index contributed by atoms with van der Waals surface area (Å²) in [5.41, 5.74) is 3.06. The van der Waals surface area contributed by atoms with Gasteiger partial charge in [-0.05, 0) is 61.2 Å². The van der Waals surface area contributed by atoms with E-state index in [-0.39, 0.29) is 23.0 Å². The van der Waals surface area contributed by atoms with Crippen molar-refractivity contribution in [3.05, 3.63) is 82.4 Å². The Kier molecular flexibility index (Phi) is 4.28. The summed E-state index contributed by atoms with van der Waals surface area (Å²) in [4.78, 5) is 0. The Labute approximate surface area is 152 Å². The maximum atomic E-state index is 10.5. The number of hydrogen-bond donors (Lipinski definition) is 4. The van der Waals surface area contributed by atoms with E-state index in [9.17, 15) is 20.4 Å². The van der Waals surface area contributed by atoms with Crippen LogP contribution in [0.5, 0.6) is 23.0 Å². The fourth-order valence-corrected chi connectivity index (χ4v) is 3.35. The molecule has 0 radical (unpaired) electrons. The highest BCUT2D eigenvalue weighted by Crippen LogP contribution is 2.45. The van der Waals surface area contributed by atoms with Gasteiger partial charge in [-0.25, -0.2) is 0 Å². The molecule has 0 fully saturated rings. The third kappa shape index (κ3) is 2.84. The van der Waals surface area contributed by atoms with Crippen LogP contribution in [0.3, 0.4) is 0 Å². The zero-order valence-corrected chi connectivity index (χ0v) is 15.0. The largest absolute Gasteiger partial charge is 0.508 e. The number of aromatic hydroxyl groups is 4. The Morgan fingerprint density at radius 3 is 1.54 bits per heavy atom. The minimum Gasteiger partial charge on any atom is -0.508 e. The average molecular weight is 350 g/mol. The third-order valence-electron chi connectivity index (χ3n) is 5.07. The molecule has 0 atom stereocenters. The summed E-state index contributed by atoms with van der Waals surface area (Å²) >= 11 is 0. The van der Waals surface area contributed by atoms with Gasteiger partial charge in [0.25, 0.3) is 0 Å². The molecule has 3 aromatic carbocycles. The predicted octanol–water partition coefficient (Wildman–Crippen LogP) is 4.48. The zero-order chi connectivity index (χ0) is 19.1. The van der Waals surface area contributed by atoms with Gasteiger partial charge >= 0.3 is 0 Å². The standard InChI is InChI=1S/C22H22O4/c1-13-10-15(4-8-19(13)24)22(3,16-5-9-20(25)14(2)11-16)18-7-6-17(23)12-21(18)26/h4-12,23-26H,1-3H3. The topological polar surface area (TPSA) is 80.9 Å². The minimum absolute atomic E-state index is 0.0163. The number of aryl methyl sites for hydroxylation is 2. The predicted molar refractivity (Wildman–Crippen MR) is 101 cm³/mol. The van der Waals surface area contributed by atoms with E-state index in [2.05, 4.69) is 0 Å². The van der Waals surface area contributed by atoms with Crippen molar-refractivity contribution in [1.29, 1.82) is 0 Å². The first kappa shape index (κ1) is 17.7. The molecular formula is C22H22O4. The second-order valence-corrected chi connectivity index (χ2v) is 6.83. The van der Waals surface area contributed by atoms with E-state index in [1.54, 1.807) is 18.2 Å². The molecule has 3 rings (SSSR count). The molecule has 0 aliphatic rings. The fraction of sp³-hybridized carbons (Fsp3) is 0.182.